The van der Waals surface area contributed by atoms with Crippen LogP contribution in [0.15, 0.2) is 24.3 Å². The molecule has 19 heavy (non-hydrogen) atoms. The minimum Gasteiger partial charge on any atom is -0.389 e. The minimum atomic E-state index is -0.372. The van der Waals surface area contributed by atoms with Gasteiger partial charge in [0.1, 0.15) is 0 Å². The molecule has 1 N–H and O–H groups in total. The highest BCUT2D eigenvalue weighted by molar-refractivity contribution is 5.20. The maximum Gasteiger partial charge on any atom is 0.0900 e. The molecule has 0 amide bonds. The summed E-state index contributed by atoms with van der Waals surface area (Å²) in [6.07, 6.45) is 3.48. The predicted octanol–water partition coefficient (Wildman–Crippen LogP) is 2.36. The Balaban J connectivity index is 1.63. The monoisotopic (exact) mass is 263 g/mol. The Labute approximate surface area is 116 Å². The van der Waals surface area contributed by atoms with Gasteiger partial charge in [0.15, 0.2) is 0 Å². The number of aliphatic hydroxyl groups excluding tert-OH is 1. The number of hydrogen-bond acceptors (Lipinski definition) is 3. The van der Waals surface area contributed by atoms with Gasteiger partial charge < -0.3 is 14.7 Å². The highest BCUT2D eigenvalue weighted by Crippen LogP contribution is 2.09. The molecule has 1 aliphatic heterocycles. The molecule has 2 rings (SSSR count). The van der Waals surface area contributed by atoms with Crippen molar-refractivity contribution in [3.05, 3.63) is 35.4 Å². The van der Waals surface area contributed by atoms with Crippen molar-refractivity contribution in [1.82, 2.24) is 4.90 Å². The van der Waals surface area contributed by atoms with Gasteiger partial charge in [-0.05, 0) is 38.4 Å². The third-order valence-corrected chi connectivity index (χ3v) is 3.62. The van der Waals surface area contributed by atoms with E-state index in [1.54, 1.807) is 0 Å². The summed E-state index contributed by atoms with van der Waals surface area (Å²) < 4.78 is 5.59. The van der Waals surface area contributed by atoms with E-state index in [9.17, 15) is 5.11 Å². The molecule has 1 heterocycles. The van der Waals surface area contributed by atoms with Gasteiger partial charge in [0.05, 0.1) is 19.3 Å². The number of β-amino-alcohol motifs (C(OH)–C–C–N with tert-alkyl or cyclic N) is 1. The second kappa shape index (κ2) is 7.63. The second-order valence-corrected chi connectivity index (χ2v) is 5.52. The molecular formula is C16H25NO2. The van der Waals surface area contributed by atoms with Crippen molar-refractivity contribution in [2.24, 2.45) is 0 Å². The highest BCUT2D eigenvalue weighted by Gasteiger charge is 2.14. The standard InChI is InChI=1S/C16H25NO2/c1-14-5-7-15(8-6-14)12-19-13-16(18)11-17-9-3-2-4-10-17/h5-8,16,18H,2-4,9-13H2,1H3/t16-/m1/s1. The number of nitrogens with zero attached hydrogens (tertiary/aromatic N) is 1. The maximum atomic E-state index is 9.96. The van der Waals surface area contributed by atoms with Gasteiger partial charge >= 0.3 is 0 Å². The van der Waals surface area contributed by atoms with Crippen LogP contribution in [0.4, 0.5) is 0 Å². The summed E-state index contributed by atoms with van der Waals surface area (Å²) in [7, 11) is 0. The quantitative estimate of drug-likeness (QED) is 0.855. The zero-order chi connectivity index (χ0) is 13.5. The van der Waals surface area contributed by atoms with Crippen molar-refractivity contribution in [2.75, 3.05) is 26.2 Å². The number of aryl methyl sites for hydroxylation is 1. The van der Waals surface area contributed by atoms with Crippen LogP contribution >= 0.6 is 0 Å². The van der Waals surface area contributed by atoms with E-state index in [2.05, 4.69) is 36.1 Å². The van der Waals surface area contributed by atoms with E-state index in [1.165, 1.54) is 24.8 Å². The van der Waals surface area contributed by atoms with E-state index in [4.69, 9.17) is 4.74 Å². The van der Waals surface area contributed by atoms with Crippen molar-refractivity contribution in [1.29, 1.82) is 0 Å². The molecule has 3 nitrogen and oxygen atoms in total. The predicted molar refractivity (Wildman–Crippen MR) is 77.1 cm³/mol. The Morgan fingerprint density at radius 1 is 1.16 bits per heavy atom. The second-order valence-electron chi connectivity index (χ2n) is 5.52. The number of likely N-dealkylation sites (tertiary alicyclic amines) is 1. The lowest BCUT2D eigenvalue weighted by Crippen LogP contribution is -2.38. The maximum absolute atomic E-state index is 9.96. The van der Waals surface area contributed by atoms with Crippen LogP contribution in [0.3, 0.4) is 0 Å². The van der Waals surface area contributed by atoms with E-state index in [0.717, 1.165) is 25.2 Å². The molecule has 1 aromatic carbocycles. The zero-order valence-corrected chi connectivity index (χ0v) is 11.8. The van der Waals surface area contributed by atoms with E-state index in [0.29, 0.717) is 13.2 Å². The molecule has 3 heteroatoms. The Kier molecular flexibility index (Phi) is 5.83. The van der Waals surface area contributed by atoms with Gasteiger partial charge in [-0.1, -0.05) is 36.2 Å². The van der Waals surface area contributed by atoms with Crippen LogP contribution in [0, 0.1) is 6.92 Å². The summed E-state index contributed by atoms with van der Waals surface area (Å²) in [5.74, 6) is 0. The molecular weight excluding hydrogens is 238 g/mol. The van der Waals surface area contributed by atoms with Gasteiger partial charge in [-0.15, -0.1) is 0 Å². The first-order valence-corrected chi connectivity index (χ1v) is 7.28. The Morgan fingerprint density at radius 2 is 1.84 bits per heavy atom. The number of rotatable bonds is 6. The molecule has 1 fully saturated rings. The normalized spacial score (nSPS) is 18.4. The molecule has 0 aliphatic carbocycles. The third kappa shape index (κ3) is 5.31. The van der Waals surface area contributed by atoms with Gasteiger partial charge in [0, 0.05) is 6.54 Å². The van der Waals surface area contributed by atoms with Crippen molar-refractivity contribution < 1.29 is 9.84 Å². The van der Waals surface area contributed by atoms with Gasteiger partial charge in [-0.2, -0.15) is 0 Å². The molecule has 0 bridgehead atoms. The molecule has 0 spiro atoms. The largest absolute Gasteiger partial charge is 0.389 e. The molecule has 0 saturated carbocycles. The zero-order valence-electron chi connectivity index (χ0n) is 11.8. The Hall–Kier alpha value is -0.900. The van der Waals surface area contributed by atoms with Crippen LogP contribution in [0.5, 0.6) is 0 Å². The molecule has 1 aromatic rings. The average Bonchev–Trinajstić information content (AvgIpc) is 2.42. The fourth-order valence-corrected chi connectivity index (χ4v) is 2.49. The first kappa shape index (κ1) is 14.5. The van der Waals surface area contributed by atoms with Crippen LogP contribution in [0.1, 0.15) is 30.4 Å². The lowest BCUT2D eigenvalue weighted by atomic mass is 10.1. The summed E-state index contributed by atoms with van der Waals surface area (Å²) in [5, 5.41) is 9.96. The van der Waals surface area contributed by atoms with E-state index in [-0.39, 0.29) is 6.10 Å². The van der Waals surface area contributed by atoms with Crippen molar-refractivity contribution in [3.63, 3.8) is 0 Å². The van der Waals surface area contributed by atoms with Crippen LogP contribution in [0.2, 0.25) is 0 Å². The van der Waals surface area contributed by atoms with Crippen LogP contribution in [-0.2, 0) is 11.3 Å². The lowest BCUT2D eigenvalue weighted by Gasteiger charge is -2.28. The topological polar surface area (TPSA) is 32.7 Å². The fourth-order valence-electron chi connectivity index (χ4n) is 2.49. The van der Waals surface area contributed by atoms with Crippen molar-refractivity contribution >= 4 is 0 Å². The van der Waals surface area contributed by atoms with Crippen LogP contribution in [-0.4, -0.2) is 42.4 Å². The van der Waals surface area contributed by atoms with Gasteiger partial charge in [0.2, 0.25) is 0 Å². The number of ether oxygens (including phenoxy) is 1. The van der Waals surface area contributed by atoms with Gasteiger partial charge in [0.25, 0.3) is 0 Å². The minimum absolute atomic E-state index is 0.372. The molecule has 1 atom stereocenters. The summed E-state index contributed by atoms with van der Waals surface area (Å²) >= 11 is 0. The smallest absolute Gasteiger partial charge is 0.0900 e. The molecule has 106 valence electrons. The molecule has 0 unspecified atom stereocenters. The average molecular weight is 263 g/mol. The fraction of sp³-hybridized carbons (Fsp3) is 0.625. The van der Waals surface area contributed by atoms with E-state index < -0.39 is 0 Å². The van der Waals surface area contributed by atoms with Crippen LogP contribution in [0.25, 0.3) is 0 Å². The molecule has 0 aromatic heterocycles. The summed E-state index contributed by atoms with van der Waals surface area (Å²) in [6, 6.07) is 8.32. The third-order valence-electron chi connectivity index (χ3n) is 3.62. The Bertz CT molecular complexity index is 358. The van der Waals surface area contributed by atoms with Crippen molar-refractivity contribution in [2.45, 2.75) is 38.9 Å². The molecule has 0 radical (unpaired) electrons. The van der Waals surface area contributed by atoms with Gasteiger partial charge in [-0.25, -0.2) is 0 Å². The van der Waals surface area contributed by atoms with Gasteiger partial charge in [-0.3, -0.25) is 0 Å². The lowest BCUT2D eigenvalue weighted by molar-refractivity contribution is 0.00713. The number of piperidine rings is 1. The first-order valence-electron chi connectivity index (χ1n) is 7.28. The number of hydrogen-bond donors (Lipinski definition) is 1. The SMILES string of the molecule is Cc1ccc(COC[C@H](O)CN2CCCCC2)cc1. The van der Waals surface area contributed by atoms with Crippen LogP contribution < -0.4 is 0 Å². The summed E-state index contributed by atoms with van der Waals surface area (Å²) in [6.45, 7) is 6.06. The van der Waals surface area contributed by atoms with E-state index >= 15 is 0 Å². The molecule has 1 aliphatic rings. The summed E-state index contributed by atoms with van der Waals surface area (Å²) in [4.78, 5) is 2.34. The first-order chi connectivity index (χ1) is 9.24. The highest BCUT2D eigenvalue weighted by atomic mass is 16.5. The van der Waals surface area contributed by atoms with E-state index in [1.807, 2.05) is 0 Å². The number of aliphatic hydroxyl groups is 1. The van der Waals surface area contributed by atoms with Crippen molar-refractivity contribution in [3.8, 4) is 0 Å². The number of benzene rings is 1. The summed E-state index contributed by atoms with van der Waals surface area (Å²) in [5.41, 5.74) is 2.42. The Morgan fingerprint density at radius 3 is 2.53 bits per heavy atom. The molecule has 1 saturated heterocycles.